The molecule has 6 nitrogen and oxygen atoms in total. The predicted octanol–water partition coefficient (Wildman–Crippen LogP) is 5.46. The number of carbonyl (C=O) groups is 1. The van der Waals surface area contributed by atoms with Gasteiger partial charge in [-0.2, -0.15) is 4.98 Å². The first kappa shape index (κ1) is 18.5. The molecule has 0 saturated carbocycles. The zero-order chi connectivity index (χ0) is 19.5. The van der Waals surface area contributed by atoms with Gasteiger partial charge >= 0.3 is 6.03 Å². The molecule has 1 aromatic heterocycles. The zero-order valence-electron chi connectivity index (χ0n) is 15.6. The fourth-order valence-electron chi connectivity index (χ4n) is 3.42. The van der Waals surface area contributed by atoms with Gasteiger partial charge < -0.3 is 14.7 Å². The van der Waals surface area contributed by atoms with Crippen LogP contribution in [0.1, 0.15) is 36.8 Å². The first-order valence-electron chi connectivity index (χ1n) is 9.34. The first-order valence-corrected chi connectivity index (χ1v) is 9.72. The van der Waals surface area contributed by atoms with E-state index in [-0.39, 0.29) is 12.1 Å². The number of rotatable bonds is 3. The van der Waals surface area contributed by atoms with Crippen LogP contribution >= 0.6 is 11.6 Å². The predicted molar refractivity (Wildman–Crippen MR) is 108 cm³/mol. The molecule has 2 aromatic carbocycles. The van der Waals surface area contributed by atoms with Crippen molar-refractivity contribution in [1.82, 2.24) is 15.0 Å². The van der Waals surface area contributed by atoms with Gasteiger partial charge in [-0.05, 0) is 62.1 Å². The van der Waals surface area contributed by atoms with Crippen molar-refractivity contribution in [2.75, 3.05) is 11.9 Å². The van der Waals surface area contributed by atoms with E-state index in [9.17, 15) is 4.79 Å². The Morgan fingerprint density at radius 3 is 2.75 bits per heavy atom. The third kappa shape index (κ3) is 3.87. The van der Waals surface area contributed by atoms with Gasteiger partial charge in [0, 0.05) is 22.8 Å². The number of hydrogen-bond donors (Lipinski definition) is 1. The lowest BCUT2D eigenvalue weighted by Crippen LogP contribution is -2.41. The van der Waals surface area contributed by atoms with Gasteiger partial charge in [-0.25, -0.2) is 4.79 Å². The van der Waals surface area contributed by atoms with Gasteiger partial charge in [0.25, 0.3) is 0 Å². The van der Waals surface area contributed by atoms with E-state index in [1.807, 2.05) is 43.3 Å². The standard InChI is InChI=1S/C21H21ClN4O2/c1-14-6-2-3-7-17(14)23-21(27)26-13-5-4-8-18(26)20-24-19(25-28-20)15-9-11-16(22)12-10-15/h2-3,6-7,9-12,18H,4-5,8,13H2,1H3,(H,23,27). The Labute approximate surface area is 168 Å². The van der Waals surface area contributed by atoms with E-state index in [4.69, 9.17) is 16.1 Å². The van der Waals surface area contributed by atoms with E-state index in [2.05, 4.69) is 15.5 Å². The molecule has 0 spiro atoms. The molecule has 1 aliphatic rings. The Hall–Kier alpha value is -2.86. The molecule has 7 heteroatoms. The van der Waals surface area contributed by atoms with Crippen molar-refractivity contribution in [2.45, 2.75) is 32.2 Å². The largest absolute Gasteiger partial charge is 0.337 e. The summed E-state index contributed by atoms with van der Waals surface area (Å²) >= 11 is 5.94. The van der Waals surface area contributed by atoms with E-state index in [1.165, 1.54) is 0 Å². The Morgan fingerprint density at radius 1 is 1.18 bits per heavy atom. The highest BCUT2D eigenvalue weighted by Crippen LogP contribution is 2.32. The lowest BCUT2D eigenvalue weighted by molar-refractivity contribution is 0.142. The van der Waals surface area contributed by atoms with Gasteiger partial charge in [0.15, 0.2) is 0 Å². The number of aryl methyl sites for hydroxylation is 1. The lowest BCUT2D eigenvalue weighted by atomic mass is 10.0. The Bertz CT molecular complexity index is 971. The number of benzene rings is 2. The number of hydrogen-bond acceptors (Lipinski definition) is 4. The maximum Gasteiger partial charge on any atom is 0.322 e. The summed E-state index contributed by atoms with van der Waals surface area (Å²) in [4.78, 5) is 19.3. The number of aromatic nitrogens is 2. The highest BCUT2D eigenvalue weighted by molar-refractivity contribution is 6.30. The van der Waals surface area contributed by atoms with Gasteiger partial charge in [-0.15, -0.1) is 0 Å². The van der Waals surface area contributed by atoms with Crippen LogP contribution in [0.25, 0.3) is 11.4 Å². The molecule has 0 radical (unpaired) electrons. The molecule has 1 unspecified atom stereocenters. The summed E-state index contributed by atoms with van der Waals surface area (Å²) in [6.45, 7) is 2.63. The Kier molecular flexibility index (Phi) is 5.30. The van der Waals surface area contributed by atoms with Crippen molar-refractivity contribution >= 4 is 23.3 Å². The van der Waals surface area contributed by atoms with Gasteiger partial charge in [-0.1, -0.05) is 35.0 Å². The first-order chi connectivity index (χ1) is 13.6. The van der Waals surface area contributed by atoms with Crippen molar-refractivity contribution in [3.8, 4) is 11.4 Å². The van der Waals surface area contributed by atoms with E-state index in [0.717, 1.165) is 36.1 Å². The van der Waals surface area contributed by atoms with Crippen LogP contribution in [-0.4, -0.2) is 27.6 Å². The molecule has 144 valence electrons. The highest BCUT2D eigenvalue weighted by atomic mass is 35.5. The summed E-state index contributed by atoms with van der Waals surface area (Å²) in [7, 11) is 0. The molecule has 1 aliphatic heterocycles. The summed E-state index contributed by atoms with van der Waals surface area (Å²) < 4.78 is 5.53. The van der Waals surface area contributed by atoms with Gasteiger partial charge in [0.2, 0.25) is 11.7 Å². The SMILES string of the molecule is Cc1ccccc1NC(=O)N1CCCCC1c1nc(-c2ccc(Cl)cc2)no1. The van der Waals surface area contributed by atoms with Crippen LogP contribution in [0.5, 0.6) is 0 Å². The molecule has 2 heterocycles. The minimum atomic E-state index is -0.230. The summed E-state index contributed by atoms with van der Waals surface area (Å²) in [5, 5.41) is 7.75. The molecule has 1 atom stereocenters. The second-order valence-corrected chi connectivity index (χ2v) is 7.35. The maximum absolute atomic E-state index is 12.9. The van der Waals surface area contributed by atoms with Crippen molar-refractivity contribution in [1.29, 1.82) is 0 Å². The average molecular weight is 397 g/mol. The summed E-state index contributed by atoms with van der Waals surface area (Å²) in [6, 6.07) is 14.6. The topological polar surface area (TPSA) is 71.3 Å². The number of nitrogens with zero attached hydrogens (tertiary/aromatic N) is 3. The van der Waals surface area contributed by atoms with Crippen LogP contribution in [-0.2, 0) is 0 Å². The molecule has 1 N–H and O–H groups in total. The normalized spacial score (nSPS) is 16.8. The lowest BCUT2D eigenvalue weighted by Gasteiger charge is -2.33. The van der Waals surface area contributed by atoms with E-state index >= 15 is 0 Å². The van der Waals surface area contributed by atoms with Gasteiger partial charge in [-0.3, -0.25) is 0 Å². The minimum absolute atomic E-state index is 0.148. The number of anilines is 1. The summed E-state index contributed by atoms with van der Waals surface area (Å²) in [5.74, 6) is 0.959. The summed E-state index contributed by atoms with van der Waals surface area (Å²) in [6.07, 6.45) is 2.76. The number of para-hydroxylation sites is 1. The number of amides is 2. The van der Waals surface area contributed by atoms with Crippen molar-refractivity contribution < 1.29 is 9.32 Å². The second-order valence-electron chi connectivity index (χ2n) is 6.91. The van der Waals surface area contributed by atoms with Crippen LogP contribution in [0.3, 0.4) is 0 Å². The average Bonchev–Trinajstić information content (AvgIpc) is 3.20. The highest BCUT2D eigenvalue weighted by Gasteiger charge is 2.32. The molecule has 1 fully saturated rings. The van der Waals surface area contributed by atoms with Gasteiger partial charge in [0.1, 0.15) is 6.04 Å². The van der Waals surface area contributed by atoms with Crippen molar-refractivity contribution in [3.05, 3.63) is 65.0 Å². The zero-order valence-corrected chi connectivity index (χ0v) is 16.3. The van der Waals surface area contributed by atoms with Crippen LogP contribution in [0.4, 0.5) is 10.5 Å². The molecule has 4 rings (SSSR count). The monoisotopic (exact) mass is 396 g/mol. The van der Waals surface area contributed by atoms with E-state index in [0.29, 0.717) is 23.3 Å². The minimum Gasteiger partial charge on any atom is -0.337 e. The number of likely N-dealkylation sites (tertiary alicyclic amines) is 1. The maximum atomic E-state index is 12.9. The number of nitrogens with one attached hydrogen (secondary N) is 1. The van der Waals surface area contributed by atoms with Gasteiger partial charge in [0.05, 0.1) is 0 Å². The van der Waals surface area contributed by atoms with Crippen LogP contribution in [0, 0.1) is 6.92 Å². The fraction of sp³-hybridized carbons (Fsp3) is 0.286. The third-order valence-corrected chi connectivity index (χ3v) is 5.23. The molecular formula is C21H21ClN4O2. The van der Waals surface area contributed by atoms with E-state index < -0.39 is 0 Å². The third-order valence-electron chi connectivity index (χ3n) is 4.98. The Morgan fingerprint density at radius 2 is 1.96 bits per heavy atom. The van der Waals surface area contributed by atoms with Crippen LogP contribution < -0.4 is 5.32 Å². The van der Waals surface area contributed by atoms with Crippen molar-refractivity contribution in [3.63, 3.8) is 0 Å². The molecule has 28 heavy (non-hydrogen) atoms. The molecule has 1 saturated heterocycles. The molecule has 0 aliphatic carbocycles. The van der Waals surface area contributed by atoms with Crippen LogP contribution in [0.15, 0.2) is 53.1 Å². The van der Waals surface area contributed by atoms with E-state index in [1.54, 1.807) is 17.0 Å². The molecule has 2 amide bonds. The molecule has 3 aromatic rings. The smallest absolute Gasteiger partial charge is 0.322 e. The Balaban J connectivity index is 1.55. The van der Waals surface area contributed by atoms with Crippen molar-refractivity contribution in [2.24, 2.45) is 0 Å². The fourth-order valence-corrected chi connectivity index (χ4v) is 3.54. The number of piperidine rings is 1. The van der Waals surface area contributed by atoms with Crippen LogP contribution in [0.2, 0.25) is 5.02 Å². The number of halogens is 1. The number of urea groups is 1. The second kappa shape index (κ2) is 8.02. The summed E-state index contributed by atoms with van der Waals surface area (Å²) in [5.41, 5.74) is 2.66. The number of carbonyl (C=O) groups excluding carboxylic acids is 1. The quantitative estimate of drug-likeness (QED) is 0.638. The molecular weight excluding hydrogens is 376 g/mol. The molecule has 0 bridgehead atoms.